The Morgan fingerprint density at radius 1 is 0.679 bits per heavy atom. The smallest absolute Gasteiger partial charge is 0 e. The van der Waals surface area contributed by atoms with Crippen LogP contribution in [0.25, 0.3) is 56.7 Å². The number of nitrogens with one attached hydrogen (secondary N) is 1. The molecular weight excluding hydrogens is 1330 g/mol. The Morgan fingerprint density at radius 2 is 1.06 bits per heavy atom. The van der Waals surface area contributed by atoms with Gasteiger partial charge in [-0.1, -0.05) is 37.1 Å². The van der Waals surface area contributed by atoms with Crippen LogP contribution in [0.4, 0.5) is 0 Å². The van der Waals surface area contributed by atoms with E-state index in [1.165, 1.54) is 0 Å². The summed E-state index contributed by atoms with van der Waals surface area (Å²) in [5.41, 5.74) is 11.6. The van der Waals surface area contributed by atoms with Crippen LogP contribution in [0.15, 0.2) is 36.7 Å². The van der Waals surface area contributed by atoms with Crippen molar-refractivity contribution in [1.29, 1.82) is 0 Å². The fourth-order valence-corrected chi connectivity index (χ4v) is 7.88. The molecule has 0 saturated heterocycles. The summed E-state index contributed by atoms with van der Waals surface area (Å²) >= 11 is -0.472. The summed E-state index contributed by atoms with van der Waals surface area (Å²) in [4.78, 5) is 57.3. The molecular formula is C52H78Cl2MnN9O16Pt-. The number of ether oxygens (including phenoxy) is 8. The molecule has 0 unspecified atom stereocenters. The van der Waals surface area contributed by atoms with Crippen molar-refractivity contribution in [1.82, 2.24) is 30.2 Å². The monoisotopic (exact) mass is 1400 g/mol. The van der Waals surface area contributed by atoms with Crippen molar-refractivity contribution in [2.24, 2.45) is 0 Å². The molecule has 0 fully saturated rings. The summed E-state index contributed by atoms with van der Waals surface area (Å²) in [5.74, 6) is -0.467. The molecule has 0 saturated carbocycles. The molecule has 29 heteroatoms. The maximum atomic E-state index is 12.4. The molecule has 81 heavy (non-hydrogen) atoms. The zero-order chi connectivity index (χ0) is 56.4. The number of carboxylic acids is 1. The molecule has 6 bridgehead atoms. The van der Waals surface area contributed by atoms with Crippen molar-refractivity contribution in [2.75, 3.05) is 107 Å². The van der Waals surface area contributed by atoms with E-state index in [-0.39, 0.29) is 73.4 Å². The second-order valence-corrected chi connectivity index (χ2v) is 20.0. The number of amides is 1. The topological polar surface area (TPSA) is 388 Å². The second-order valence-electron chi connectivity index (χ2n) is 16.7. The minimum absolute atomic E-state index is 0. The molecule has 1 amide bonds. The van der Waals surface area contributed by atoms with Gasteiger partial charge in [-0.15, -0.1) is 21.1 Å². The standard InChI is InChI=1S/C52H72N6O12.2ClH.Mn.HNO3.2H2N.H2O.Pt/c1-7-37-38(8-2)42-30-44-40(12-10-16-59)36(4)48(58-44)34-55-46-32-50(70-28-26-68-24-22-66-20-18-64-6)49(69-27-25-67-23-21-65-19-17-63-5)31-45(46)54-33-47-35(3)39(43(57-47)29-41(37)56-42)11-9-15-53-51(60)13-14-52(61)62;;;;2-1(3)4;;;;/h29-34,59H,7-28H2,1-6H3,(H3,53,54,55,56,57,58,60,61,62);2*1H;;(H,2,3,4);3*1H2;/q;;;;;2*-1;;+4/p-3. The van der Waals surface area contributed by atoms with Gasteiger partial charge in [0.2, 0.25) is 5.91 Å². The van der Waals surface area contributed by atoms with E-state index >= 15 is 0 Å². The number of carbonyl (C=O) groups is 2. The molecule has 5 rings (SSSR count). The average molecular weight is 1410 g/mol. The Balaban J connectivity index is 0. The first-order valence-corrected chi connectivity index (χ1v) is 30.7. The number of halogens is 2. The van der Waals surface area contributed by atoms with Crippen molar-refractivity contribution >= 4 is 75.1 Å². The quantitative estimate of drug-likeness (QED) is 0.0198. The summed E-state index contributed by atoms with van der Waals surface area (Å²) < 4.78 is 45.3. The first-order valence-electron chi connectivity index (χ1n) is 25.0. The fraction of sp³-hybridized carbons (Fsp3) is 0.538. The van der Waals surface area contributed by atoms with Gasteiger partial charge in [0.05, 0.1) is 119 Å². The second kappa shape index (κ2) is 45.7. The van der Waals surface area contributed by atoms with Crippen molar-refractivity contribution in [3.8, 4) is 11.5 Å². The average Bonchev–Trinajstić information content (AvgIpc) is 4.00. The minimum atomic E-state index is -1.50. The number of nitrogens with zero attached hydrogens (tertiary/aromatic N) is 6. The SMILES string of the molecule is CCc1c(CC)c2cc3nc(cnc4cc(OCCOCCOCCOC)c(OCCOCCOCCOC)cc4ncc4nc(cc1[n-]2)C(CCCO)=C4C)C(C)=C3CCCNC(=O)CCC(=O)O.O.O=[N+]([O-])O.[Cl][Pt+2][Cl].[Mn].[NH2-].[NH2-]. The summed E-state index contributed by atoms with van der Waals surface area (Å²) in [6.45, 7) is 13.3. The van der Waals surface area contributed by atoms with Gasteiger partial charge in [-0.2, -0.15) is 0 Å². The molecule has 2 aliphatic rings. The zero-order valence-corrected chi connectivity index (χ0v) is 51.5. The molecule has 0 aliphatic carbocycles. The number of hydrogen-bond acceptors (Lipinski definition) is 17. The van der Waals surface area contributed by atoms with Gasteiger partial charge in [0.15, 0.2) is 11.5 Å². The Labute approximate surface area is 499 Å². The van der Waals surface area contributed by atoms with Crippen LogP contribution in [0.2, 0.25) is 0 Å². The van der Waals surface area contributed by atoms with Gasteiger partial charge in [-0.05, 0) is 74.7 Å². The normalized spacial score (nSPS) is 11.3. The zero-order valence-electron chi connectivity index (χ0n) is 46.5. The minimum Gasteiger partial charge on any atom is -0.693 e. The number of aliphatic carboxylic acids is 1. The molecule has 2 aliphatic heterocycles. The fourth-order valence-electron chi connectivity index (χ4n) is 7.88. The van der Waals surface area contributed by atoms with E-state index in [1.54, 1.807) is 38.7 Å². The van der Waals surface area contributed by atoms with Crippen molar-refractivity contribution in [2.45, 2.75) is 79.1 Å². The van der Waals surface area contributed by atoms with Crippen LogP contribution in [0.5, 0.6) is 11.5 Å². The van der Waals surface area contributed by atoms with Gasteiger partial charge >= 0.3 is 41.3 Å². The number of fused-ring (bicyclic) bond motifs is 7. The van der Waals surface area contributed by atoms with Crippen LogP contribution in [0.1, 0.15) is 100 Å². The van der Waals surface area contributed by atoms with Crippen LogP contribution < -0.4 is 19.8 Å². The maximum absolute atomic E-state index is 12.4. The number of aliphatic hydroxyl groups excluding tert-OH is 1. The number of rotatable bonds is 32. The third kappa shape index (κ3) is 28.4. The molecule has 459 valence electrons. The molecule has 0 spiro atoms. The molecule has 4 heterocycles. The van der Waals surface area contributed by atoms with Gasteiger partial charge in [-0.25, -0.2) is 9.97 Å². The van der Waals surface area contributed by atoms with E-state index in [1.807, 2.05) is 26.0 Å². The van der Waals surface area contributed by atoms with Crippen LogP contribution in [0.3, 0.4) is 0 Å². The predicted molar refractivity (Wildman–Crippen MR) is 302 cm³/mol. The van der Waals surface area contributed by atoms with Gasteiger partial charge < -0.3 is 81.4 Å². The van der Waals surface area contributed by atoms with Crippen LogP contribution in [-0.2, 0) is 84.4 Å². The summed E-state index contributed by atoms with van der Waals surface area (Å²) in [6.07, 6.45) is 7.02. The van der Waals surface area contributed by atoms with E-state index in [4.69, 9.17) is 102 Å². The molecule has 1 aromatic carbocycles. The van der Waals surface area contributed by atoms with Crippen LogP contribution in [-0.4, -0.2) is 164 Å². The van der Waals surface area contributed by atoms with E-state index in [0.29, 0.717) is 132 Å². The Kier molecular flexibility index (Phi) is 44.2. The number of aryl methyl sites for hydroxylation is 2. The number of carbonyl (C=O) groups excluding carboxylic acids is 1. The third-order valence-electron chi connectivity index (χ3n) is 11.6. The number of nitrogens with two attached hydrogens (primary N) is 2. The van der Waals surface area contributed by atoms with Gasteiger partial charge in [0, 0.05) is 63.0 Å². The van der Waals surface area contributed by atoms with Gasteiger partial charge in [0.1, 0.15) is 13.2 Å². The number of aliphatic hydroxyl groups is 1. The van der Waals surface area contributed by atoms with E-state index < -0.39 is 27.5 Å². The summed E-state index contributed by atoms with van der Waals surface area (Å²) in [5, 5.41) is 35.4. The molecule has 2 aromatic heterocycles. The van der Waals surface area contributed by atoms with Gasteiger partial charge in [0.25, 0.3) is 5.09 Å². The Bertz CT molecular complexity index is 2620. The summed E-state index contributed by atoms with van der Waals surface area (Å²) in [6, 6.07) is 7.67. The Morgan fingerprint density at radius 3 is 1.43 bits per heavy atom. The first kappa shape index (κ1) is 78.3. The number of methoxy groups -OCH3 is 2. The van der Waals surface area contributed by atoms with Crippen LogP contribution >= 0.6 is 18.8 Å². The number of carboxylic acid groups (broad SMARTS) is 1. The molecule has 25 nitrogen and oxygen atoms in total. The number of aromatic nitrogens is 5. The number of hydrogen-bond donors (Lipinski definition) is 4. The molecule has 3 aromatic rings. The Hall–Kier alpha value is -4.73. The third-order valence-corrected chi connectivity index (χ3v) is 11.6. The number of benzene rings is 1. The molecule has 1 radical (unpaired) electrons. The van der Waals surface area contributed by atoms with Crippen LogP contribution in [0, 0.1) is 10.1 Å². The first-order chi connectivity index (χ1) is 37.3. The summed E-state index contributed by atoms with van der Waals surface area (Å²) in [7, 11) is 13.0. The van der Waals surface area contributed by atoms with Crippen molar-refractivity contribution in [3.63, 3.8) is 0 Å². The van der Waals surface area contributed by atoms with Gasteiger partial charge in [-0.3, -0.25) is 19.6 Å². The number of allylic oxidation sites excluding steroid dienone is 4. The van der Waals surface area contributed by atoms with E-state index in [2.05, 4.69) is 19.2 Å². The van der Waals surface area contributed by atoms with Crippen molar-refractivity contribution in [3.05, 3.63) is 93.0 Å². The molecule has 10 N–H and O–H groups in total. The van der Waals surface area contributed by atoms with Crippen molar-refractivity contribution < 1.29 is 107 Å². The van der Waals surface area contributed by atoms with E-state index in [9.17, 15) is 14.7 Å². The maximum Gasteiger partial charge on any atom is 0 e. The van der Waals surface area contributed by atoms with E-state index in [0.717, 1.165) is 68.7 Å². The molecule has 0 atom stereocenters. The predicted octanol–water partition coefficient (Wildman–Crippen LogP) is 8.24. The largest absolute Gasteiger partial charge is 0.693 e.